The number of halogens is 1. The number of aromatic nitrogens is 3. The van der Waals surface area contributed by atoms with Gasteiger partial charge in [0, 0.05) is 19.2 Å². The summed E-state index contributed by atoms with van der Waals surface area (Å²) in [6.07, 6.45) is 8.93. The summed E-state index contributed by atoms with van der Waals surface area (Å²) in [5.74, 6) is 1.25. The lowest BCUT2D eigenvalue weighted by molar-refractivity contribution is -0.132. The van der Waals surface area contributed by atoms with Gasteiger partial charge in [0.25, 0.3) is 0 Å². The second-order valence-corrected chi connectivity index (χ2v) is 7.85. The summed E-state index contributed by atoms with van der Waals surface area (Å²) >= 11 is 0. The number of amides is 1. The Kier molecular flexibility index (Phi) is 6.50. The van der Waals surface area contributed by atoms with Crippen molar-refractivity contribution in [2.24, 2.45) is 0 Å². The van der Waals surface area contributed by atoms with Gasteiger partial charge in [-0.1, -0.05) is 18.2 Å². The van der Waals surface area contributed by atoms with E-state index in [1.165, 1.54) is 12.1 Å². The van der Waals surface area contributed by atoms with Gasteiger partial charge >= 0.3 is 0 Å². The summed E-state index contributed by atoms with van der Waals surface area (Å²) in [5.41, 5.74) is 2.86. The molecule has 0 aliphatic carbocycles. The van der Waals surface area contributed by atoms with E-state index in [4.69, 9.17) is 4.98 Å². The lowest BCUT2D eigenvalue weighted by atomic mass is 10.1. The van der Waals surface area contributed by atoms with E-state index in [2.05, 4.69) is 15.3 Å². The number of carbonyl (C=O) groups excluding carboxylic acids is 1. The molecule has 3 heterocycles. The van der Waals surface area contributed by atoms with Crippen LogP contribution in [0.2, 0.25) is 0 Å². The Balaban J connectivity index is 1.39. The van der Waals surface area contributed by atoms with E-state index in [-0.39, 0.29) is 17.8 Å². The van der Waals surface area contributed by atoms with Crippen LogP contribution in [0.15, 0.2) is 55.0 Å². The third kappa shape index (κ3) is 5.23. The number of anilines is 2. The second-order valence-electron chi connectivity index (χ2n) is 7.85. The van der Waals surface area contributed by atoms with E-state index in [1.807, 2.05) is 24.0 Å². The summed E-state index contributed by atoms with van der Waals surface area (Å²) in [6, 6.07) is 10.3. The number of benzene rings is 1. The molecule has 7 heteroatoms. The third-order valence-corrected chi connectivity index (χ3v) is 5.59. The van der Waals surface area contributed by atoms with Crippen molar-refractivity contribution in [1.29, 1.82) is 0 Å². The van der Waals surface area contributed by atoms with E-state index in [0.29, 0.717) is 12.2 Å². The van der Waals surface area contributed by atoms with E-state index < -0.39 is 0 Å². The molecule has 160 valence electrons. The van der Waals surface area contributed by atoms with E-state index in [0.717, 1.165) is 54.9 Å². The van der Waals surface area contributed by atoms with Crippen LogP contribution in [-0.2, 0) is 11.2 Å². The van der Waals surface area contributed by atoms with Crippen LogP contribution in [0, 0.1) is 12.7 Å². The maximum Gasteiger partial charge on any atom is 0.223 e. The Bertz CT molecular complexity index is 1040. The molecule has 0 radical (unpaired) electrons. The van der Waals surface area contributed by atoms with Crippen LogP contribution in [0.4, 0.5) is 16.0 Å². The smallest absolute Gasteiger partial charge is 0.223 e. The summed E-state index contributed by atoms with van der Waals surface area (Å²) in [7, 11) is 0. The molecular weight excluding hydrogens is 393 g/mol. The molecule has 0 bridgehead atoms. The quantitative estimate of drug-likeness (QED) is 0.598. The maximum absolute atomic E-state index is 13.0. The molecule has 1 aromatic carbocycles. The van der Waals surface area contributed by atoms with Crippen molar-refractivity contribution < 1.29 is 9.18 Å². The van der Waals surface area contributed by atoms with E-state index in [1.54, 1.807) is 30.7 Å². The minimum Gasteiger partial charge on any atom is -0.334 e. The molecule has 1 N–H and O–H groups in total. The predicted molar refractivity (Wildman–Crippen MR) is 117 cm³/mol. The molecule has 1 amide bonds. The van der Waals surface area contributed by atoms with Crippen LogP contribution in [-0.4, -0.2) is 32.3 Å². The van der Waals surface area contributed by atoms with Gasteiger partial charge in [-0.05, 0) is 61.9 Å². The molecule has 0 spiro atoms. The molecule has 31 heavy (non-hydrogen) atoms. The molecule has 1 fully saturated rings. The monoisotopic (exact) mass is 419 g/mol. The zero-order valence-electron chi connectivity index (χ0n) is 17.6. The first kappa shape index (κ1) is 20.9. The Labute approximate surface area is 181 Å². The van der Waals surface area contributed by atoms with Crippen LogP contribution in [0.25, 0.3) is 0 Å². The average Bonchev–Trinajstić information content (AvgIpc) is 3.27. The van der Waals surface area contributed by atoms with Crippen LogP contribution >= 0.6 is 0 Å². The van der Waals surface area contributed by atoms with Crippen molar-refractivity contribution in [3.05, 3.63) is 77.6 Å². The van der Waals surface area contributed by atoms with Crippen molar-refractivity contribution in [3.63, 3.8) is 0 Å². The highest BCUT2D eigenvalue weighted by molar-refractivity contribution is 5.77. The predicted octanol–water partition coefficient (Wildman–Crippen LogP) is 4.75. The Morgan fingerprint density at radius 1 is 1.23 bits per heavy atom. The number of rotatable bonds is 7. The summed E-state index contributed by atoms with van der Waals surface area (Å²) in [4.78, 5) is 28.2. The standard InChI is InChI=1S/C24H26FN5O/c1-17-5-3-13-27-24(17)29-22-16-26-15-20(28-22)21-7-4-14-30(21)23(31)8-2-6-18-9-11-19(25)12-10-18/h3,5,9-13,15-16,21H,2,4,6-8,14H2,1H3,(H,27,28,29)/t21-/m0/s1. The molecule has 2 aromatic heterocycles. The summed E-state index contributed by atoms with van der Waals surface area (Å²) < 4.78 is 13.0. The number of carbonyl (C=O) groups is 1. The fourth-order valence-electron chi connectivity index (χ4n) is 3.95. The first-order valence-electron chi connectivity index (χ1n) is 10.6. The summed E-state index contributed by atoms with van der Waals surface area (Å²) in [6.45, 7) is 2.72. The first-order valence-corrected chi connectivity index (χ1v) is 10.6. The third-order valence-electron chi connectivity index (χ3n) is 5.59. The van der Waals surface area contributed by atoms with Crippen LogP contribution < -0.4 is 5.32 Å². The number of nitrogens with one attached hydrogen (secondary N) is 1. The van der Waals surface area contributed by atoms with Gasteiger partial charge < -0.3 is 10.2 Å². The number of aryl methyl sites for hydroxylation is 2. The van der Waals surface area contributed by atoms with Crippen molar-refractivity contribution in [2.45, 2.75) is 45.1 Å². The van der Waals surface area contributed by atoms with Crippen molar-refractivity contribution in [1.82, 2.24) is 19.9 Å². The molecule has 1 saturated heterocycles. The molecule has 1 aliphatic heterocycles. The highest BCUT2D eigenvalue weighted by Crippen LogP contribution is 2.32. The van der Waals surface area contributed by atoms with Gasteiger partial charge in [0.2, 0.25) is 5.91 Å². The van der Waals surface area contributed by atoms with Crippen LogP contribution in [0.1, 0.15) is 48.5 Å². The fraction of sp³-hybridized carbons (Fsp3) is 0.333. The number of likely N-dealkylation sites (tertiary alicyclic amines) is 1. The molecule has 6 nitrogen and oxygen atoms in total. The molecule has 4 rings (SSSR count). The molecule has 0 saturated carbocycles. The van der Waals surface area contributed by atoms with Gasteiger partial charge in [0.1, 0.15) is 17.5 Å². The molecular formula is C24H26FN5O. The fourth-order valence-corrected chi connectivity index (χ4v) is 3.95. The maximum atomic E-state index is 13.0. The number of nitrogens with zero attached hydrogens (tertiary/aromatic N) is 4. The van der Waals surface area contributed by atoms with Gasteiger partial charge in [-0.2, -0.15) is 0 Å². The lowest BCUT2D eigenvalue weighted by Gasteiger charge is -2.24. The number of hydrogen-bond acceptors (Lipinski definition) is 5. The van der Waals surface area contributed by atoms with Crippen molar-refractivity contribution in [3.8, 4) is 0 Å². The lowest BCUT2D eigenvalue weighted by Crippen LogP contribution is -2.31. The largest absolute Gasteiger partial charge is 0.334 e. The van der Waals surface area contributed by atoms with Gasteiger partial charge in [-0.3, -0.25) is 9.78 Å². The second kappa shape index (κ2) is 9.64. The first-order chi connectivity index (χ1) is 15.1. The van der Waals surface area contributed by atoms with Gasteiger partial charge in [-0.15, -0.1) is 0 Å². The van der Waals surface area contributed by atoms with Gasteiger partial charge in [0.05, 0.1) is 24.1 Å². The normalized spacial score (nSPS) is 15.8. The molecule has 0 unspecified atom stereocenters. The van der Waals surface area contributed by atoms with Crippen LogP contribution in [0.5, 0.6) is 0 Å². The SMILES string of the molecule is Cc1cccnc1Nc1cncc([C@@H]2CCCN2C(=O)CCCc2ccc(F)cc2)n1. The zero-order chi connectivity index (χ0) is 21.6. The molecule has 1 aliphatic rings. The number of pyridine rings is 1. The Morgan fingerprint density at radius 3 is 2.87 bits per heavy atom. The minimum atomic E-state index is -0.240. The Hall–Kier alpha value is -3.35. The highest BCUT2D eigenvalue weighted by atomic mass is 19.1. The van der Waals surface area contributed by atoms with Gasteiger partial charge in [0.15, 0.2) is 0 Å². The number of hydrogen-bond donors (Lipinski definition) is 1. The van der Waals surface area contributed by atoms with Gasteiger partial charge in [-0.25, -0.2) is 14.4 Å². The Morgan fingerprint density at radius 2 is 2.06 bits per heavy atom. The molecule has 3 aromatic rings. The van der Waals surface area contributed by atoms with Crippen LogP contribution in [0.3, 0.4) is 0 Å². The van der Waals surface area contributed by atoms with E-state index in [9.17, 15) is 9.18 Å². The highest BCUT2D eigenvalue weighted by Gasteiger charge is 2.31. The molecule has 1 atom stereocenters. The zero-order valence-corrected chi connectivity index (χ0v) is 17.6. The minimum absolute atomic E-state index is 0.0580. The topological polar surface area (TPSA) is 71.0 Å². The summed E-state index contributed by atoms with van der Waals surface area (Å²) in [5, 5.41) is 3.22. The van der Waals surface area contributed by atoms with E-state index >= 15 is 0 Å². The average molecular weight is 420 g/mol. The van der Waals surface area contributed by atoms with Crippen molar-refractivity contribution in [2.75, 3.05) is 11.9 Å². The van der Waals surface area contributed by atoms with Crippen molar-refractivity contribution >= 4 is 17.5 Å².